The van der Waals surface area contributed by atoms with Crippen molar-refractivity contribution in [2.45, 2.75) is 32.3 Å². The Morgan fingerprint density at radius 2 is 2.47 bits per heavy atom. The van der Waals surface area contributed by atoms with Crippen molar-refractivity contribution in [3.63, 3.8) is 0 Å². The van der Waals surface area contributed by atoms with Crippen molar-refractivity contribution in [2.24, 2.45) is 0 Å². The van der Waals surface area contributed by atoms with Crippen LogP contribution in [0.1, 0.15) is 36.7 Å². The Hall–Kier alpha value is -1.29. The molecule has 0 spiro atoms. The molecule has 4 nitrogen and oxygen atoms in total. The third-order valence-electron chi connectivity index (χ3n) is 2.98. The number of rotatable bonds is 5. The van der Waals surface area contributed by atoms with Gasteiger partial charge >= 0.3 is 0 Å². The van der Waals surface area contributed by atoms with Gasteiger partial charge < -0.3 is 14.1 Å². The standard InChI is InChI=1S/C13H19NO3/c1-2-8-16-11-4-3-7-14(9-11)13-6-5-12(10-15)17-13/h5-6,10-11H,2-4,7-9H2,1H3. The molecular formula is C13H19NO3. The molecular weight excluding hydrogens is 218 g/mol. The summed E-state index contributed by atoms with van der Waals surface area (Å²) in [5.74, 6) is 1.16. The van der Waals surface area contributed by atoms with Crippen LogP contribution in [0, 0.1) is 0 Å². The van der Waals surface area contributed by atoms with E-state index in [1.165, 1.54) is 0 Å². The SMILES string of the molecule is CCCOC1CCCN(c2ccc(C=O)o2)C1. The molecule has 0 aliphatic carbocycles. The number of piperidine rings is 1. The van der Waals surface area contributed by atoms with Crippen LogP contribution < -0.4 is 4.90 Å². The number of hydrogen-bond acceptors (Lipinski definition) is 4. The van der Waals surface area contributed by atoms with Crippen molar-refractivity contribution in [2.75, 3.05) is 24.6 Å². The quantitative estimate of drug-likeness (QED) is 0.738. The predicted octanol–water partition coefficient (Wildman–Crippen LogP) is 2.49. The molecule has 2 heterocycles. The zero-order valence-electron chi connectivity index (χ0n) is 10.2. The van der Waals surface area contributed by atoms with E-state index in [1.54, 1.807) is 6.07 Å². The van der Waals surface area contributed by atoms with Gasteiger partial charge in [-0.2, -0.15) is 0 Å². The maximum absolute atomic E-state index is 10.6. The van der Waals surface area contributed by atoms with E-state index in [0.29, 0.717) is 5.76 Å². The number of hydrogen-bond donors (Lipinski definition) is 0. The van der Waals surface area contributed by atoms with Crippen molar-refractivity contribution in [3.05, 3.63) is 17.9 Å². The molecule has 1 aromatic heterocycles. The molecule has 94 valence electrons. The van der Waals surface area contributed by atoms with Crippen molar-refractivity contribution < 1.29 is 13.9 Å². The Morgan fingerprint density at radius 3 is 3.18 bits per heavy atom. The van der Waals surface area contributed by atoms with E-state index in [1.807, 2.05) is 6.07 Å². The highest BCUT2D eigenvalue weighted by Gasteiger charge is 2.22. The van der Waals surface area contributed by atoms with Crippen LogP contribution in [0.5, 0.6) is 0 Å². The highest BCUT2D eigenvalue weighted by atomic mass is 16.5. The van der Waals surface area contributed by atoms with Crippen LogP contribution >= 0.6 is 0 Å². The molecule has 1 saturated heterocycles. The van der Waals surface area contributed by atoms with Gasteiger partial charge in [0, 0.05) is 25.8 Å². The van der Waals surface area contributed by atoms with E-state index in [0.717, 1.165) is 51.1 Å². The number of ether oxygens (including phenoxy) is 1. The summed E-state index contributed by atoms with van der Waals surface area (Å²) in [6, 6.07) is 3.56. The van der Waals surface area contributed by atoms with Crippen LogP contribution in [-0.2, 0) is 4.74 Å². The first-order chi connectivity index (χ1) is 8.33. The van der Waals surface area contributed by atoms with Gasteiger partial charge in [-0.05, 0) is 25.3 Å². The summed E-state index contributed by atoms with van der Waals surface area (Å²) in [4.78, 5) is 12.7. The highest BCUT2D eigenvalue weighted by molar-refractivity contribution is 5.71. The maximum Gasteiger partial charge on any atom is 0.196 e. The van der Waals surface area contributed by atoms with E-state index in [-0.39, 0.29) is 6.10 Å². The van der Waals surface area contributed by atoms with Gasteiger partial charge in [-0.25, -0.2) is 0 Å². The number of aldehydes is 1. The number of furan rings is 1. The lowest BCUT2D eigenvalue weighted by atomic mass is 10.1. The lowest BCUT2D eigenvalue weighted by Gasteiger charge is -2.32. The molecule has 1 atom stereocenters. The average molecular weight is 237 g/mol. The molecule has 17 heavy (non-hydrogen) atoms. The Kier molecular flexibility index (Phi) is 4.20. The van der Waals surface area contributed by atoms with Gasteiger partial charge in [0.05, 0.1) is 6.10 Å². The van der Waals surface area contributed by atoms with Crippen LogP contribution in [0.25, 0.3) is 0 Å². The number of carbonyl (C=O) groups excluding carboxylic acids is 1. The fourth-order valence-corrected chi connectivity index (χ4v) is 2.13. The minimum atomic E-state index is 0.286. The molecule has 0 N–H and O–H groups in total. The number of carbonyl (C=O) groups is 1. The van der Waals surface area contributed by atoms with E-state index >= 15 is 0 Å². The summed E-state index contributed by atoms with van der Waals surface area (Å²) < 4.78 is 11.2. The zero-order valence-corrected chi connectivity index (χ0v) is 10.2. The minimum absolute atomic E-state index is 0.286. The second-order valence-corrected chi connectivity index (χ2v) is 4.37. The van der Waals surface area contributed by atoms with Gasteiger partial charge in [0.25, 0.3) is 0 Å². The normalized spacial score (nSPS) is 20.5. The molecule has 0 radical (unpaired) electrons. The lowest BCUT2D eigenvalue weighted by molar-refractivity contribution is 0.0433. The first-order valence-corrected chi connectivity index (χ1v) is 6.25. The summed E-state index contributed by atoms with van der Waals surface area (Å²) >= 11 is 0. The third kappa shape index (κ3) is 3.09. The Bertz CT molecular complexity index is 361. The van der Waals surface area contributed by atoms with E-state index < -0.39 is 0 Å². The van der Waals surface area contributed by atoms with Crippen LogP contribution in [0.4, 0.5) is 5.88 Å². The Balaban J connectivity index is 1.94. The van der Waals surface area contributed by atoms with Gasteiger partial charge in [-0.3, -0.25) is 4.79 Å². The summed E-state index contributed by atoms with van der Waals surface area (Å²) in [6.45, 7) is 4.75. The lowest BCUT2D eigenvalue weighted by Crippen LogP contribution is -2.39. The molecule has 1 fully saturated rings. The van der Waals surface area contributed by atoms with E-state index in [9.17, 15) is 4.79 Å². The largest absolute Gasteiger partial charge is 0.438 e. The van der Waals surface area contributed by atoms with Crippen LogP contribution in [0.2, 0.25) is 0 Å². The topological polar surface area (TPSA) is 42.7 Å². The molecule has 1 unspecified atom stereocenters. The highest BCUT2D eigenvalue weighted by Crippen LogP contribution is 2.23. The molecule has 1 aromatic rings. The van der Waals surface area contributed by atoms with Crippen molar-refractivity contribution in [3.8, 4) is 0 Å². The summed E-state index contributed by atoms with van der Waals surface area (Å²) in [6.07, 6.45) is 4.28. The van der Waals surface area contributed by atoms with Gasteiger partial charge in [0.1, 0.15) is 0 Å². The smallest absolute Gasteiger partial charge is 0.196 e. The Morgan fingerprint density at radius 1 is 1.59 bits per heavy atom. The predicted molar refractivity (Wildman–Crippen MR) is 65.6 cm³/mol. The van der Waals surface area contributed by atoms with Gasteiger partial charge in [0.15, 0.2) is 17.9 Å². The number of anilines is 1. The Labute approximate surface area is 102 Å². The van der Waals surface area contributed by atoms with Crippen LogP contribution in [0.3, 0.4) is 0 Å². The first-order valence-electron chi connectivity index (χ1n) is 6.25. The maximum atomic E-state index is 10.6. The fourth-order valence-electron chi connectivity index (χ4n) is 2.13. The minimum Gasteiger partial charge on any atom is -0.438 e. The van der Waals surface area contributed by atoms with Crippen molar-refractivity contribution in [1.82, 2.24) is 0 Å². The molecule has 0 saturated carbocycles. The zero-order chi connectivity index (χ0) is 12.1. The third-order valence-corrected chi connectivity index (χ3v) is 2.98. The molecule has 1 aliphatic heterocycles. The second-order valence-electron chi connectivity index (χ2n) is 4.37. The van der Waals surface area contributed by atoms with E-state index in [2.05, 4.69) is 11.8 Å². The molecule has 0 bridgehead atoms. The monoisotopic (exact) mass is 237 g/mol. The molecule has 0 aromatic carbocycles. The second kappa shape index (κ2) is 5.87. The van der Waals surface area contributed by atoms with Crippen LogP contribution in [0.15, 0.2) is 16.5 Å². The van der Waals surface area contributed by atoms with Gasteiger partial charge in [0.2, 0.25) is 0 Å². The summed E-state index contributed by atoms with van der Waals surface area (Å²) in [7, 11) is 0. The molecule has 0 amide bonds. The van der Waals surface area contributed by atoms with E-state index in [4.69, 9.17) is 9.15 Å². The van der Waals surface area contributed by atoms with Crippen LogP contribution in [-0.4, -0.2) is 32.1 Å². The molecule has 1 aliphatic rings. The average Bonchev–Trinajstić information content (AvgIpc) is 2.85. The van der Waals surface area contributed by atoms with Crippen molar-refractivity contribution in [1.29, 1.82) is 0 Å². The number of nitrogens with zero attached hydrogens (tertiary/aromatic N) is 1. The summed E-state index contributed by atoms with van der Waals surface area (Å²) in [5, 5.41) is 0. The van der Waals surface area contributed by atoms with Gasteiger partial charge in [-0.1, -0.05) is 6.92 Å². The molecule has 2 rings (SSSR count). The fraction of sp³-hybridized carbons (Fsp3) is 0.615. The van der Waals surface area contributed by atoms with Gasteiger partial charge in [-0.15, -0.1) is 0 Å². The van der Waals surface area contributed by atoms with Crippen molar-refractivity contribution >= 4 is 12.2 Å². The first kappa shape index (κ1) is 12.2. The molecule has 4 heteroatoms. The summed E-state index contributed by atoms with van der Waals surface area (Å²) in [5.41, 5.74) is 0.